The van der Waals surface area contributed by atoms with Crippen LogP contribution in [-0.4, -0.2) is 52.2 Å². The Morgan fingerprint density at radius 1 is 1.04 bits per heavy atom. The summed E-state index contributed by atoms with van der Waals surface area (Å²) in [7, 11) is 0. The second-order valence-corrected chi connectivity index (χ2v) is 7.16. The lowest BCUT2D eigenvalue weighted by atomic mass is 10.2. The molecule has 6 nitrogen and oxygen atoms in total. The van der Waals surface area contributed by atoms with Gasteiger partial charge >= 0.3 is 0 Å². The van der Waals surface area contributed by atoms with Gasteiger partial charge in [0, 0.05) is 37.9 Å². The van der Waals surface area contributed by atoms with E-state index < -0.39 is 0 Å². The van der Waals surface area contributed by atoms with Crippen molar-refractivity contribution in [2.45, 2.75) is 6.92 Å². The monoisotopic (exact) mass is 365 g/mol. The standard InChI is InChI=1S/C19H19N5OS/c1-14-17(26-18(21-14)15-6-3-2-4-7-15)19(25)24-12-10-23(11-13-24)16-8-5-9-20-22-16/h2-9H,10-13H2,1H3. The number of thiazole rings is 1. The molecule has 0 spiro atoms. The molecule has 3 aromatic rings. The molecule has 0 aliphatic carbocycles. The Balaban J connectivity index is 1.47. The van der Waals surface area contributed by atoms with Gasteiger partial charge in [-0.15, -0.1) is 16.4 Å². The zero-order chi connectivity index (χ0) is 17.9. The van der Waals surface area contributed by atoms with Crippen LogP contribution in [0.2, 0.25) is 0 Å². The minimum absolute atomic E-state index is 0.0703. The van der Waals surface area contributed by atoms with Gasteiger partial charge in [0.05, 0.1) is 5.69 Å². The molecule has 3 heterocycles. The van der Waals surface area contributed by atoms with Gasteiger partial charge < -0.3 is 9.80 Å². The summed E-state index contributed by atoms with van der Waals surface area (Å²) < 4.78 is 0. The van der Waals surface area contributed by atoms with Crippen LogP contribution >= 0.6 is 11.3 Å². The van der Waals surface area contributed by atoms with Crippen LogP contribution in [0.4, 0.5) is 5.82 Å². The lowest BCUT2D eigenvalue weighted by molar-refractivity contribution is 0.0750. The molecule has 1 saturated heterocycles. The summed E-state index contributed by atoms with van der Waals surface area (Å²) in [5, 5.41) is 8.97. The Morgan fingerprint density at radius 2 is 1.81 bits per heavy atom. The predicted octanol–water partition coefficient (Wildman–Crippen LogP) is 2.87. The second kappa shape index (κ2) is 7.21. The molecule has 0 saturated carbocycles. The van der Waals surface area contributed by atoms with Crippen LogP contribution in [0.3, 0.4) is 0 Å². The topological polar surface area (TPSA) is 62.2 Å². The summed E-state index contributed by atoms with van der Waals surface area (Å²) in [5.41, 5.74) is 1.85. The van der Waals surface area contributed by atoms with Crippen LogP contribution in [0.5, 0.6) is 0 Å². The average Bonchev–Trinajstić information content (AvgIpc) is 3.10. The fourth-order valence-corrected chi connectivity index (χ4v) is 4.08. The number of carbonyl (C=O) groups is 1. The molecule has 2 aromatic heterocycles. The first-order chi connectivity index (χ1) is 12.7. The molecule has 0 N–H and O–H groups in total. The average molecular weight is 365 g/mol. The fraction of sp³-hybridized carbons (Fsp3) is 0.263. The van der Waals surface area contributed by atoms with E-state index in [9.17, 15) is 4.79 Å². The predicted molar refractivity (Wildman–Crippen MR) is 102 cm³/mol. The number of hydrogen-bond acceptors (Lipinski definition) is 6. The first-order valence-electron chi connectivity index (χ1n) is 8.57. The van der Waals surface area contributed by atoms with Gasteiger partial charge in [0.15, 0.2) is 5.82 Å². The maximum atomic E-state index is 13.0. The summed E-state index contributed by atoms with van der Waals surface area (Å²) in [4.78, 5) is 22.4. The van der Waals surface area contributed by atoms with E-state index in [0.717, 1.165) is 40.0 Å². The van der Waals surface area contributed by atoms with Crippen LogP contribution in [0, 0.1) is 6.92 Å². The minimum atomic E-state index is 0.0703. The van der Waals surface area contributed by atoms with Crippen molar-refractivity contribution in [3.8, 4) is 10.6 Å². The number of benzene rings is 1. The molecule has 0 bridgehead atoms. The lowest BCUT2D eigenvalue weighted by Gasteiger charge is -2.34. The first kappa shape index (κ1) is 16.7. The number of rotatable bonds is 3. The third-order valence-electron chi connectivity index (χ3n) is 4.46. The third kappa shape index (κ3) is 3.30. The van der Waals surface area contributed by atoms with E-state index in [1.54, 1.807) is 6.20 Å². The van der Waals surface area contributed by atoms with Crippen molar-refractivity contribution in [2.75, 3.05) is 31.1 Å². The van der Waals surface area contributed by atoms with E-state index in [0.29, 0.717) is 13.1 Å². The summed E-state index contributed by atoms with van der Waals surface area (Å²) in [6.07, 6.45) is 1.67. The Morgan fingerprint density at radius 3 is 2.50 bits per heavy atom. The molecule has 26 heavy (non-hydrogen) atoms. The van der Waals surface area contributed by atoms with E-state index in [-0.39, 0.29) is 5.91 Å². The summed E-state index contributed by atoms with van der Waals surface area (Å²) in [6, 6.07) is 13.8. The Bertz CT molecular complexity index is 889. The molecule has 1 aliphatic rings. The number of nitrogens with zero attached hydrogens (tertiary/aromatic N) is 5. The summed E-state index contributed by atoms with van der Waals surface area (Å²) >= 11 is 1.47. The smallest absolute Gasteiger partial charge is 0.265 e. The van der Waals surface area contributed by atoms with Crippen molar-refractivity contribution in [1.29, 1.82) is 0 Å². The molecule has 4 rings (SSSR count). The van der Waals surface area contributed by atoms with Crippen LogP contribution in [-0.2, 0) is 0 Å². The third-order valence-corrected chi connectivity index (χ3v) is 5.66. The molecular weight excluding hydrogens is 346 g/mol. The SMILES string of the molecule is Cc1nc(-c2ccccc2)sc1C(=O)N1CCN(c2cccnn2)CC1. The quantitative estimate of drug-likeness (QED) is 0.714. The molecule has 132 valence electrons. The van der Waals surface area contributed by atoms with Gasteiger partial charge in [0.2, 0.25) is 0 Å². The zero-order valence-corrected chi connectivity index (χ0v) is 15.3. The zero-order valence-electron chi connectivity index (χ0n) is 14.5. The van der Waals surface area contributed by atoms with E-state index >= 15 is 0 Å². The van der Waals surface area contributed by atoms with Gasteiger partial charge in [0.1, 0.15) is 9.88 Å². The number of hydrogen-bond donors (Lipinski definition) is 0. The summed E-state index contributed by atoms with van der Waals surface area (Å²) in [5.74, 6) is 0.931. The molecule has 0 atom stereocenters. The number of aryl methyl sites for hydroxylation is 1. The van der Waals surface area contributed by atoms with Gasteiger partial charge in [0.25, 0.3) is 5.91 Å². The fourth-order valence-electron chi connectivity index (χ4n) is 3.04. The normalized spacial score (nSPS) is 14.5. The van der Waals surface area contributed by atoms with Crippen molar-refractivity contribution >= 4 is 23.1 Å². The highest BCUT2D eigenvalue weighted by molar-refractivity contribution is 7.17. The number of anilines is 1. The largest absolute Gasteiger partial charge is 0.352 e. The Kier molecular flexibility index (Phi) is 4.62. The summed E-state index contributed by atoms with van der Waals surface area (Å²) in [6.45, 7) is 4.77. The minimum Gasteiger partial charge on any atom is -0.352 e. The number of carbonyl (C=O) groups excluding carboxylic acids is 1. The maximum absolute atomic E-state index is 13.0. The van der Waals surface area contributed by atoms with Crippen molar-refractivity contribution in [3.63, 3.8) is 0 Å². The van der Waals surface area contributed by atoms with Crippen LogP contribution in [0.1, 0.15) is 15.4 Å². The Hall–Kier alpha value is -2.80. The van der Waals surface area contributed by atoms with Crippen molar-refractivity contribution in [3.05, 3.63) is 59.2 Å². The molecule has 7 heteroatoms. The highest BCUT2D eigenvalue weighted by atomic mass is 32.1. The van der Waals surface area contributed by atoms with Crippen molar-refractivity contribution in [2.24, 2.45) is 0 Å². The molecule has 0 unspecified atom stereocenters. The Labute approximate surface area is 156 Å². The first-order valence-corrected chi connectivity index (χ1v) is 9.39. The van der Waals surface area contributed by atoms with Gasteiger partial charge in [-0.3, -0.25) is 4.79 Å². The van der Waals surface area contributed by atoms with Crippen LogP contribution in [0.15, 0.2) is 48.7 Å². The number of piperazine rings is 1. The second-order valence-electron chi connectivity index (χ2n) is 6.16. The molecule has 1 amide bonds. The molecule has 1 fully saturated rings. The molecule has 0 radical (unpaired) electrons. The van der Waals surface area contributed by atoms with Gasteiger partial charge in [-0.05, 0) is 19.1 Å². The highest BCUT2D eigenvalue weighted by Gasteiger charge is 2.26. The van der Waals surface area contributed by atoms with Crippen LogP contribution < -0.4 is 4.90 Å². The van der Waals surface area contributed by atoms with Gasteiger partial charge in [-0.1, -0.05) is 30.3 Å². The van der Waals surface area contributed by atoms with Gasteiger partial charge in [-0.2, -0.15) is 5.10 Å². The lowest BCUT2D eigenvalue weighted by Crippen LogP contribution is -2.49. The van der Waals surface area contributed by atoms with E-state index in [4.69, 9.17) is 0 Å². The maximum Gasteiger partial charge on any atom is 0.265 e. The number of aromatic nitrogens is 3. The molecule has 1 aromatic carbocycles. The highest BCUT2D eigenvalue weighted by Crippen LogP contribution is 2.29. The van der Waals surface area contributed by atoms with Crippen LogP contribution in [0.25, 0.3) is 10.6 Å². The molecular formula is C19H19N5OS. The van der Waals surface area contributed by atoms with Crippen molar-refractivity contribution < 1.29 is 4.79 Å². The number of amides is 1. The van der Waals surface area contributed by atoms with E-state index in [1.807, 2.05) is 54.3 Å². The molecule has 1 aliphatic heterocycles. The van der Waals surface area contributed by atoms with E-state index in [2.05, 4.69) is 20.1 Å². The van der Waals surface area contributed by atoms with Gasteiger partial charge in [-0.25, -0.2) is 4.98 Å². The van der Waals surface area contributed by atoms with Crippen molar-refractivity contribution in [1.82, 2.24) is 20.1 Å². The van der Waals surface area contributed by atoms with E-state index in [1.165, 1.54) is 11.3 Å².